The van der Waals surface area contributed by atoms with Crippen LogP contribution in [-0.4, -0.2) is 10.9 Å². The van der Waals surface area contributed by atoms with Gasteiger partial charge in [-0.25, -0.2) is 4.98 Å². The summed E-state index contributed by atoms with van der Waals surface area (Å²) in [6.07, 6.45) is -8.29. The summed E-state index contributed by atoms with van der Waals surface area (Å²) in [4.78, 5) is 15.2. The van der Waals surface area contributed by atoms with E-state index in [0.29, 0.717) is 6.07 Å². The average molecular weight is 349 g/mol. The molecule has 2 N–H and O–H groups in total. The number of carbonyl (C=O) groups excluding carboxylic acids is 1. The molecular formula is C14H9F6N3O. The molecular weight excluding hydrogens is 340 g/mol. The highest BCUT2D eigenvalue weighted by Crippen LogP contribution is 2.33. The molecule has 1 aromatic heterocycles. The molecule has 2 aromatic rings. The van der Waals surface area contributed by atoms with Crippen LogP contribution in [0.5, 0.6) is 0 Å². The van der Waals surface area contributed by atoms with E-state index in [0.717, 1.165) is 36.5 Å². The van der Waals surface area contributed by atoms with E-state index in [9.17, 15) is 31.1 Å². The van der Waals surface area contributed by atoms with Gasteiger partial charge >= 0.3 is 12.4 Å². The molecule has 0 spiro atoms. The number of aromatic nitrogens is 1. The van der Waals surface area contributed by atoms with Crippen LogP contribution in [0.2, 0.25) is 0 Å². The molecule has 10 heteroatoms. The van der Waals surface area contributed by atoms with Crippen LogP contribution in [0.15, 0.2) is 42.6 Å². The van der Waals surface area contributed by atoms with Gasteiger partial charge in [0.15, 0.2) is 5.82 Å². The summed E-state index contributed by atoms with van der Waals surface area (Å²) in [5.41, 5.74) is 1.30. The predicted molar refractivity (Wildman–Crippen MR) is 71.8 cm³/mol. The van der Waals surface area contributed by atoms with Gasteiger partial charge in [0.1, 0.15) is 0 Å². The first-order valence-electron chi connectivity index (χ1n) is 6.35. The molecule has 0 aliphatic carbocycles. The zero-order valence-electron chi connectivity index (χ0n) is 11.7. The van der Waals surface area contributed by atoms with E-state index >= 15 is 0 Å². The summed E-state index contributed by atoms with van der Waals surface area (Å²) >= 11 is 0. The van der Waals surface area contributed by atoms with Gasteiger partial charge in [0.2, 0.25) is 0 Å². The standard InChI is InChI=1S/C14H9F6N3O/c15-13(16,17)9-4-1-3-8(7-9)12(24)23-22-11-10(14(18,19)20)5-2-6-21-11/h1-7H,(H,21,22)(H,23,24). The largest absolute Gasteiger partial charge is 0.420 e. The number of nitrogens with zero attached hydrogens (tertiary/aromatic N) is 1. The molecule has 1 heterocycles. The van der Waals surface area contributed by atoms with E-state index < -0.39 is 35.2 Å². The number of hydrazine groups is 1. The van der Waals surface area contributed by atoms with Crippen LogP contribution in [0, 0.1) is 0 Å². The van der Waals surface area contributed by atoms with Crippen molar-refractivity contribution in [3.05, 3.63) is 59.3 Å². The molecule has 128 valence electrons. The van der Waals surface area contributed by atoms with Crippen molar-refractivity contribution >= 4 is 11.7 Å². The van der Waals surface area contributed by atoms with Crippen molar-refractivity contribution in [2.45, 2.75) is 12.4 Å². The Balaban J connectivity index is 2.15. The van der Waals surface area contributed by atoms with Crippen molar-refractivity contribution in [2.24, 2.45) is 0 Å². The summed E-state index contributed by atoms with van der Waals surface area (Å²) < 4.78 is 76.0. The molecule has 24 heavy (non-hydrogen) atoms. The lowest BCUT2D eigenvalue weighted by atomic mass is 10.1. The minimum Gasteiger partial charge on any atom is -0.281 e. The summed E-state index contributed by atoms with van der Waals surface area (Å²) in [6, 6.07) is 5.26. The maximum Gasteiger partial charge on any atom is 0.420 e. The number of halogens is 6. The van der Waals surface area contributed by atoms with Gasteiger partial charge in [-0.15, -0.1) is 0 Å². The van der Waals surface area contributed by atoms with Gasteiger partial charge in [-0.1, -0.05) is 6.07 Å². The minimum absolute atomic E-state index is 0.373. The maximum atomic E-state index is 12.8. The number of benzene rings is 1. The van der Waals surface area contributed by atoms with Gasteiger partial charge in [-0.3, -0.25) is 15.6 Å². The fraction of sp³-hybridized carbons (Fsp3) is 0.143. The third-order valence-electron chi connectivity index (χ3n) is 2.86. The molecule has 0 atom stereocenters. The molecule has 0 fully saturated rings. The molecule has 0 saturated carbocycles. The monoisotopic (exact) mass is 349 g/mol. The Kier molecular flexibility index (Phi) is 4.67. The fourth-order valence-corrected chi connectivity index (χ4v) is 1.76. The number of nitrogens with one attached hydrogen (secondary N) is 2. The van der Waals surface area contributed by atoms with Gasteiger partial charge in [0.25, 0.3) is 5.91 Å². The Morgan fingerprint density at radius 3 is 2.29 bits per heavy atom. The highest BCUT2D eigenvalue weighted by atomic mass is 19.4. The van der Waals surface area contributed by atoms with Crippen molar-refractivity contribution < 1.29 is 31.1 Å². The molecule has 0 saturated heterocycles. The first-order valence-corrected chi connectivity index (χ1v) is 6.35. The zero-order chi connectivity index (χ0) is 18.0. The third kappa shape index (κ3) is 4.15. The Morgan fingerprint density at radius 1 is 0.958 bits per heavy atom. The fourth-order valence-electron chi connectivity index (χ4n) is 1.76. The van der Waals surface area contributed by atoms with E-state index in [2.05, 4.69) is 4.98 Å². The number of rotatable bonds is 3. The Bertz CT molecular complexity index is 742. The predicted octanol–water partition coefficient (Wildman–Crippen LogP) is 3.88. The molecule has 0 radical (unpaired) electrons. The van der Waals surface area contributed by atoms with E-state index in [1.165, 1.54) is 0 Å². The van der Waals surface area contributed by atoms with Gasteiger partial charge in [-0.2, -0.15) is 26.3 Å². The molecule has 0 unspecified atom stereocenters. The average Bonchev–Trinajstić information content (AvgIpc) is 2.51. The molecule has 0 aliphatic heterocycles. The summed E-state index contributed by atoms with van der Waals surface area (Å²) in [6.45, 7) is 0. The Morgan fingerprint density at radius 2 is 1.67 bits per heavy atom. The number of anilines is 1. The minimum atomic E-state index is -4.71. The lowest BCUT2D eigenvalue weighted by Crippen LogP contribution is -2.31. The van der Waals surface area contributed by atoms with Crippen molar-refractivity contribution in [2.75, 3.05) is 5.43 Å². The Labute approximate surface area is 131 Å². The summed E-state index contributed by atoms with van der Waals surface area (Å²) in [7, 11) is 0. The van der Waals surface area contributed by atoms with Crippen LogP contribution in [0.1, 0.15) is 21.5 Å². The quantitative estimate of drug-likeness (QED) is 0.653. The zero-order valence-corrected chi connectivity index (χ0v) is 11.7. The molecule has 0 bridgehead atoms. The van der Waals surface area contributed by atoms with Crippen molar-refractivity contribution in [3.8, 4) is 0 Å². The van der Waals surface area contributed by atoms with E-state index in [1.807, 2.05) is 10.9 Å². The van der Waals surface area contributed by atoms with Crippen LogP contribution in [0.25, 0.3) is 0 Å². The number of hydrogen-bond acceptors (Lipinski definition) is 3. The van der Waals surface area contributed by atoms with Crippen LogP contribution in [0.3, 0.4) is 0 Å². The van der Waals surface area contributed by atoms with Crippen molar-refractivity contribution in [1.82, 2.24) is 10.4 Å². The molecule has 1 amide bonds. The van der Waals surface area contributed by atoms with Gasteiger partial charge in [0.05, 0.1) is 11.1 Å². The van der Waals surface area contributed by atoms with Crippen LogP contribution < -0.4 is 10.9 Å². The maximum absolute atomic E-state index is 12.8. The lowest BCUT2D eigenvalue weighted by Gasteiger charge is -2.14. The molecule has 4 nitrogen and oxygen atoms in total. The topological polar surface area (TPSA) is 54.0 Å². The van der Waals surface area contributed by atoms with Crippen molar-refractivity contribution in [1.29, 1.82) is 0 Å². The second-order valence-electron chi connectivity index (χ2n) is 4.56. The molecule has 2 rings (SSSR count). The first-order chi connectivity index (χ1) is 11.1. The second kappa shape index (κ2) is 6.38. The lowest BCUT2D eigenvalue weighted by molar-refractivity contribution is -0.138. The normalized spacial score (nSPS) is 11.9. The number of hydrogen-bond donors (Lipinski definition) is 2. The number of alkyl halides is 6. The smallest absolute Gasteiger partial charge is 0.281 e. The second-order valence-corrected chi connectivity index (χ2v) is 4.56. The van der Waals surface area contributed by atoms with Crippen molar-refractivity contribution in [3.63, 3.8) is 0 Å². The van der Waals surface area contributed by atoms with E-state index in [-0.39, 0.29) is 5.56 Å². The third-order valence-corrected chi connectivity index (χ3v) is 2.86. The first kappa shape index (κ1) is 17.6. The van der Waals surface area contributed by atoms with E-state index in [4.69, 9.17) is 0 Å². The highest BCUT2D eigenvalue weighted by molar-refractivity contribution is 5.95. The van der Waals surface area contributed by atoms with Gasteiger partial charge in [0, 0.05) is 11.8 Å². The van der Waals surface area contributed by atoms with Gasteiger partial charge in [-0.05, 0) is 30.3 Å². The number of amides is 1. The number of pyridine rings is 1. The molecule has 1 aromatic carbocycles. The van der Waals surface area contributed by atoms with Gasteiger partial charge < -0.3 is 0 Å². The highest BCUT2D eigenvalue weighted by Gasteiger charge is 2.34. The molecule has 0 aliphatic rings. The van der Waals surface area contributed by atoms with Crippen LogP contribution in [0.4, 0.5) is 32.2 Å². The van der Waals surface area contributed by atoms with Crippen LogP contribution in [-0.2, 0) is 12.4 Å². The SMILES string of the molecule is O=C(NNc1ncccc1C(F)(F)F)c1cccc(C(F)(F)F)c1. The van der Waals surface area contributed by atoms with E-state index in [1.54, 1.807) is 0 Å². The number of carbonyl (C=O) groups is 1. The van der Waals surface area contributed by atoms with Crippen LogP contribution >= 0.6 is 0 Å². The summed E-state index contributed by atoms with van der Waals surface area (Å²) in [5.74, 6) is -1.72. The summed E-state index contributed by atoms with van der Waals surface area (Å²) in [5, 5.41) is 0. The Hall–Kier alpha value is -2.78.